The summed E-state index contributed by atoms with van der Waals surface area (Å²) in [4.78, 5) is 26.3. The Morgan fingerprint density at radius 1 is 1.14 bits per heavy atom. The van der Waals surface area contributed by atoms with Crippen molar-refractivity contribution in [3.05, 3.63) is 30.1 Å². The van der Waals surface area contributed by atoms with Crippen molar-refractivity contribution < 1.29 is 27.1 Å². The van der Waals surface area contributed by atoms with E-state index < -0.39 is 28.0 Å². The predicted octanol–water partition coefficient (Wildman–Crippen LogP) is 1.82. The van der Waals surface area contributed by atoms with Crippen LogP contribution in [0.15, 0.2) is 29.2 Å². The van der Waals surface area contributed by atoms with Crippen molar-refractivity contribution >= 4 is 22.0 Å². The van der Waals surface area contributed by atoms with Gasteiger partial charge in [0.2, 0.25) is 15.9 Å². The van der Waals surface area contributed by atoms with Gasteiger partial charge in [0.1, 0.15) is 11.9 Å². The van der Waals surface area contributed by atoms with Crippen molar-refractivity contribution in [1.29, 1.82) is 0 Å². The van der Waals surface area contributed by atoms with Crippen molar-refractivity contribution in [1.82, 2.24) is 14.5 Å². The van der Waals surface area contributed by atoms with Gasteiger partial charge in [-0.3, -0.25) is 4.79 Å². The van der Waals surface area contributed by atoms with Gasteiger partial charge in [0.25, 0.3) is 0 Å². The van der Waals surface area contributed by atoms with Gasteiger partial charge in [0, 0.05) is 26.2 Å². The first-order valence-electron chi connectivity index (χ1n) is 9.64. The number of amides is 2. The van der Waals surface area contributed by atoms with E-state index in [9.17, 15) is 22.4 Å². The third kappa shape index (κ3) is 5.89. The molecule has 2 amide bonds. The number of ether oxygens (including phenoxy) is 1. The molecule has 0 radical (unpaired) electrons. The fourth-order valence-corrected chi connectivity index (χ4v) is 4.59. The minimum atomic E-state index is -3.78. The zero-order valence-electron chi connectivity index (χ0n) is 16.9. The van der Waals surface area contributed by atoms with Crippen LogP contribution in [0.2, 0.25) is 0 Å². The van der Waals surface area contributed by atoms with E-state index in [4.69, 9.17) is 4.74 Å². The van der Waals surface area contributed by atoms with E-state index in [1.807, 2.05) is 13.8 Å². The van der Waals surface area contributed by atoms with Crippen LogP contribution in [-0.2, 0) is 19.6 Å². The summed E-state index contributed by atoms with van der Waals surface area (Å²) >= 11 is 0. The number of hydrogen-bond donors (Lipinski definition) is 1. The molecule has 10 heteroatoms. The smallest absolute Gasteiger partial charge is 0.407 e. The molecule has 0 aromatic heterocycles. The highest BCUT2D eigenvalue weighted by molar-refractivity contribution is 7.89. The van der Waals surface area contributed by atoms with Crippen LogP contribution < -0.4 is 5.32 Å². The molecule has 0 saturated carbocycles. The first-order valence-corrected chi connectivity index (χ1v) is 11.1. The average Bonchev–Trinajstić information content (AvgIpc) is 2.93. The van der Waals surface area contributed by atoms with Crippen molar-refractivity contribution in [2.24, 2.45) is 5.92 Å². The van der Waals surface area contributed by atoms with Crippen molar-refractivity contribution in [2.45, 2.75) is 38.1 Å². The lowest BCUT2D eigenvalue weighted by atomic mass is 10.0. The minimum Gasteiger partial charge on any atom is -0.450 e. The number of hydrogen-bond acceptors (Lipinski definition) is 5. The Bertz CT molecular complexity index is 814. The van der Waals surface area contributed by atoms with E-state index in [2.05, 4.69) is 5.32 Å². The summed E-state index contributed by atoms with van der Waals surface area (Å²) in [6, 6.07) is 3.92. The summed E-state index contributed by atoms with van der Waals surface area (Å²) in [6.45, 7) is 6.46. The fourth-order valence-electron chi connectivity index (χ4n) is 3.12. The number of carbonyl (C=O) groups is 2. The first kappa shape index (κ1) is 23.1. The quantitative estimate of drug-likeness (QED) is 0.744. The zero-order valence-corrected chi connectivity index (χ0v) is 17.7. The largest absolute Gasteiger partial charge is 0.450 e. The van der Waals surface area contributed by atoms with E-state index in [-0.39, 0.29) is 43.0 Å². The number of nitrogens with zero attached hydrogens (tertiary/aromatic N) is 2. The first-order chi connectivity index (χ1) is 13.7. The molecule has 1 aromatic rings. The van der Waals surface area contributed by atoms with E-state index in [1.54, 1.807) is 11.8 Å². The maximum atomic E-state index is 13.1. The van der Waals surface area contributed by atoms with Gasteiger partial charge in [-0.05, 0) is 43.5 Å². The number of halogens is 1. The van der Waals surface area contributed by atoms with Crippen molar-refractivity contribution in [2.75, 3.05) is 32.8 Å². The minimum absolute atomic E-state index is 0.0164. The Morgan fingerprint density at radius 2 is 1.79 bits per heavy atom. The second-order valence-corrected chi connectivity index (χ2v) is 9.06. The standard InChI is InChI=1S/C19H28FN3O5S/c1-4-28-19(25)21-17(14(2)3)18(24)22-10-5-11-23(13-12-22)29(26,27)16-8-6-15(20)7-9-16/h6-9,14,17H,4-5,10-13H2,1-3H3,(H,21,25). The van der Waals surface area contributed by atoms with E-state index in [1.165, 1.54) is 16.4 Å². The summed E-state index contributed by atoms with van der Waals surface area (Å²) < 4.78 is 44.9. The fraction of sp³-hybridized carbons (Fsp3) is 0.579. The van der Waals surface area contributed by atoms with E-state index >= 15 is 0 Å². The van der Waals surface area contributed by atoms with Crippen LogP contribution >= 0.6 is 0 Å². The number of carbonyl (C=O) groups excluding carboxylic acids is 2. The molecule has 2 rings (SSSR count). The molecule has 29 heavy (non-hydrogen) atoms. The Balaban J connectivity index is 2.08. The Morgan fingerprint density at radius 3 is 2.38 bits per heavy atom. The van der Waals surface area contributed by atoms with Crippen LogP contribution in [0.5, 0.6) is 0 Å². The van der Waals surface area contributed by atoms with Crippen LogP contribution in [0.3, 0.4) is 0 Å². The second-order valence-electron chi connectivity index (χ2n) is 7.12. The lowest BCUT2D eigenvalue weighted by Crippen LogP contribution is -2.52. The number of sulfonamides is 1. The highest BCUT2D eigenvalue weighted by Gasteiger charge is 2.32. The monoisotopic (exact) mass is 429 g/mol. The van der Waals surface area contributed by atoms with Gasteiger partial charge in [0.15, 0.2) is 0 Å². The maximum absolute atomic E-state index is 13.1. The highest BCUT2D eigenvalue weighted by atomic mass is 32.2. The van der Waals surface area contributed by atoms with Gasteiger partial charge in [-0.2, -0.15) is 4.31 Å². The van der Waals surface area contributed by atoms with Gasteiger partial charge in [0.05, 0.1) is 11.5 Å². The normalized spacial score (nSPS) is 16.9. The SMILES string of the molecule is CCOC(=O)NC(C(=O)N1CCCN(S(=O)(=O)c2ccc(F)cc2)CC1)C(C)C. The molecule has 1 unspecified atom stereocenters. The second kappa shape index (κ2) is 10.0. The van der Waals surface area contributed by atoms with Gasteiger partial charge in [-0.15, -0.1) is 0 Å². The molecular weight excluding hydrogens is 401 g/mol. The molecule has 1 aliphatic rings. The number of rotatable bonds is 6. The molecule has 0 spiro atoms. The molecule has 1 aliphatic heterocycles. The van der Waals surface area contributed by atoms with Crippen molar-refractivity contribution in [3.63, 3.8) is 0 Å². The molecule has 1 aromatic carbocycles. The molecule has 8 nitrogen and oxygen atoms in total. The summed E-state index contributed by atoms with van der Waals surface area (Å²) in [6.07, 6.45) is -0.203. The number of alkyl carbamates (subject to hydrolysis) is 1. The third-order valence-electron chi connectivity index (χ3n) is 4.70. The average molecular weight is 430 g/mol. The topological polar surface area (TPSA) is 96.0 Å². The molecule has 1 atom stereocenters. The van der Waals surface area contributed by atoms with E-state index in [0.717, 1.165) is 12.1 Å². The Labute approximate surface area is 171 Å². The number of benzene rings is 1. The predicted molar refractivity (Wildman–Crippen MR) is 105 cm³/mol. The van der Waals surface area contributed by atoms with Crippen molar-refractivity contribution in [3.8, 4) is 0 Å². The zero-order chi connectivity index (χ0) is 21.6. The molecule has 1 N–H and O–H groups in total. The van der Waals surface area contributed by atoms with Crippen LogP contribution in [-0.4, -0.2) is 68.5 Å². The number of nitrogens with one attached hydrogen (secondary N) is 1. The van der Waals surface area contributed by atoms with Gasteiger partial charge in [-0.1, -0.05) is 13.8 Å². The lowest BCUT2D eigenvalue weighted by molar-refractivity contribution is -0.134. The van der Waals surface area contributed by atoms with Crippen LogP contribution in [0.4, 0.5) is 9.18 Å². The third-order valence-corrected chi connectivity index (χ3v) is 6.61. The molecule has 0 bridgehead atoms. The summed E-state index contributed by atoms with van der Waals surface area (Å²) in [5, 5.41) is 2.59. The molecule has 162 valence electrons. The van der Waals surface area contributed by atoms with E-state index in [0.29, 0.717) is 13.0 Å². The molecule has 1 heterocycles. The molecule has 1 fully saturated rings. The highest BCUT2D eigenvalue weighted by Crippen LogP contribution is 2.19. The van der Waals surface area contributed by atoms with Crippen LogP contribution in [0, 0.1) is 11.7 Å². The van der Waals surface area contributed by atoms with Gasteiger partial charge in [-0.25, -0.2) is 17.6 Å². The maximum Gasteiger partial charge on any atom is 0.407 e. The molecule has 1 saturated heterocycles. The Hall–Kier alpha value is -2.20. The Kier molecular flexibility index (Phi) is 7.97. The summed E-state index contributed by atoms with van der Waals surface area (Å²) in [5.74, 6) is -0.936. The van der Waals surface area contributed by atoms with Crippen LogP contribution in [0.1, 0.15) is 27.2 Å². The molecular formula is C19H28FN3O5S. The van der Waals surface area contributed by atoms with Gasteiger partial charge < -0.3 is 15.0 Å². The van der Waals surface area contributed by atoms with Crippen LogP contribution in [0.25, 0.3) is 0 Å². The van der Waals surface area contributed by atoms with Gasteiger partial charge >= 0.3 is 6.09 Å². The summed E-state index contributed by atoms with van der Waals surface area (Å²) in [7, 11) is -3.78. The molecule has 0 aliphatic carbocycles. The lowest BCUT2D eigenvalue weighted by Gasteiger charge is -2.28. The summed E-state index contributed by atoms with van der Waals surface area (Å²) in [5.41, 5.74) is 0.